The fraction of sp³-hybridized carbons (Fsp3) is 0.545. The summed E-state index contributed by atoms with van der Waals surface area (Å²) in [5, 5.41) is 5.51. The molecule has 2 N–H and O–H groups in total. The van der Waals surface area contributed by atoms with E-state index >= 15 is 0 Å². The maximum absolute atomic E-state index is 12.8. The van der Waals surface area contributed by atoms with E-state index in [1.807, 2.05) is 19.1 Å². The molecule has 8 nitrogen and oxygen atoms in total. The standard InChI is InChI=1S/C22H29N3O5/c1-14-4-8-16(9-5-14)22(3)20(28)25(21(29)24-22)12-19(27)30-13-18(26)23-17-10-6-15(2)7-11-17/h4-5,8-9,15,17H,6-7,10-13H2,1-3H3,(H,23,26)(H,24,29)/t15?,17?,22-/m1/s1. The number of ether oxygens (including phenoxy) is 1. The fourth-order valence-electron chi connectivity index (χ4n) is 3.92. The number of aryl methyl sites for hydroxylation is 1. The van der Waals surface area contributed by atoms with Crippen LogP contribution in [0.5, 0.6) is 0 Å². The van der Waals surface area contributed by atoms with Crippen molar-refractivity contribution in [2.24, 2.45) is 5.92 Å². The van der Waals surface area contributed by atoms with Crippen LogP contribution in [0, 0.1) is 12.8 Å². The number of imide groups is 1. The number of carbonyl (C=O) groups excluding carboxylic acids is 4. The average molecular weight is 415 g/mol. The third-order valence-electron chi connectivity index (χ3n) is 5.94. The van der Waals surface area contributed by atoms with Crippen molar-refractivity contribution in [2.75, 3.05) is 13.2 Å². The number of rotatable bonds is 6. The topological polar surface area (TPSA) is 105 Å². The van der Waals surface area contributed by atoms with Gasteiger partial charge in [0.2, 0.25) is 0 Å². The van der Waals surface area contributed by atoms with E-state index in [0.29, 0.717) is 11.5 Å². The molecule has 0 unspecified atom stereocenters. The maximum Gasteiger partial charge on any atom is 0.326 e. The van der Waals surface area contributed by atoms with Crippen LogP contribution in [0.4, 0.5) is 4.79 Å². The smallest absolute Gasteiger partial charge is 0.326 e. The summed E-state index contributed by atoms with van der Waals surface area (Å²) in [6.45, 7) is 4.75. The first-order valence-corrected chi connectivity index (χ1v) is 10.4. The number of urea groups is 1. The van der Waals surface area contributed by atoms with Crippen molar-refractivity contribution in [3.8, 4) is 0 Å². The lowest BCUT2D eigenvalue weighted by molar-refractivity contribution is -0.151. The summed E-state index contributed by atoms with van der Waals surface area (Å²) in [6.07, 6.45) is 3.97. The molecular weight excluding hydrogens is 386 g/mol. The summed E-state index contributed by atoms with van der Waals surface area (Å²) in [7, 11) is 0. The molecule has 0 bridgehead atoms. The number of nitrogens with zero attached hydrogens (tertiary/aromatic N) is 1. The van der Waals surface area contributed by atoms with Crippen molar-refractivity contribution in [2.45, 2.75) is 58.0 Å². The summed E-state index contributed by atoms with van der Waals surface area (Å²) in [6, 6.07) is 6.68. The van der Waals surface area contributed by atoms with Crippen LogP contribution < -0.4 is 10.6 Å². The predicted molar refractivity (Wildman–Crippen MR) is 109 cm³/mol. The minimum atomic E-state index is -1.25. The van der Waals surface area contributed by atoms with Gasteiger partial charge in [-0.3, -0.25) is 19.3 Å². The van der Waals surface area contributed by atoms with E-state index in [9.17, 15) is 19.2 Å². The molecular formula is C22H29N3O5. The van der Waals surface area contributed by atoms with E-state index in [2.05, 4.69) is 17.6 Å². The van der Waals surface area contributed by atoms with Crippen molar-refractivity contribution in [3.05, 3.63) is 35.4 Å². The summed E-state index contributed by atoms with van der Waals surface area (Å²) in [5.41, 5.74) is 0.407. The van der Waals surface area contributed by atoms with Gasteiger partial charge >= 0.3 is 12.0 Å². The van der Waals surface area contributed by atoms with Crippen LogP contribution in [0.1, 0.15) is 50.7 Å². The molecule has 162 valence electrons. The van der Waals surface area contributed by atoms with E-state index in [-0.39, 0.29) is 11.9 Å². The predicted octanol–water partition coefficient (Wildman–Crippen LogP) is 2.00. The van der Waals surface area contributed by atoms with Gasteiger partial charge in [0.25, 0.3) is 11.8 Å². The minimum Gasteiger partial charge on any atom is -0.454 e. The summed E-state index contributed by atoms with van der Waals surface area (Å²) in [4.78, 5) is 50.2. The Morgan fingerprint density at radius 1 is 1.17 bits per heavy atom. The molecule has 1 atom stereocenters. The Morgan fingerprint density at radius 3 is 2.43 bits per heavy atom. The molecule has 0 spiro atoms. The third-order valence-corrected chi connectivity index (χ3v) is 5.94. The van der Waals surface area contributed by atoms with Crippen molar-refractivity contribution in [3.63, 3.8) is 0 Å². The quantitative estimate of drug-likeness (QED) is 0.546. The second-order valence-electron chi connectivity index (χ2n) is 8.50. The lowest BCUT2D eigenvalue weighted by atomic mass is 9.87. The first kappa shape index (κ1) is 21.8. The van der Waals surface area contributed by atoms with E-state index in [1.165, 1.54) is 0 Å². The van der Waals surface area contributed by atoms with Crippen LogP contribution in [-0.2, 0) is 24.7 Å². The number of benzene rings is 1. The van der Waals surface area contributed by atoms with E-state index < -0.39 is 36.6 Å². The monoisotopic (exact) mass is 415 g/mol. The van der Waals surface area contributed by atoms with E-state index in [4.69, 9.17) is 4.74 Å². The molecule has 1 aromatic carbocycles. The van der Waals surface area contributed by atoms with Gasteiger partial charge in [-0.2, -0.15) is 0 Å². The highest BCUT2D eigenvalue weighted by molar-refractivity contribution is 6.08. The molecule has 1 aromatic rings. The molecule has 4 amide bonds. The van der Waals surface area contributed by atoms with Gasteiger partial charge in [0, 0.05) is 6.04 Å². The lowest BCUT2D eigenvalue weighted by Crippen LogP contribution is -2.42. The number of hydrogen-bond acceptors (Lipinski definition) is 5. The highest BCUT2D eigenvalue weighted by Crippen LogP contribution is 2.29. The van der Waals surface area contributed by atoms with Crippen LogP contribution in [0.2, 0.25) is 0 Å². The Bertz CT molecular complexity index is 830. The van der Waals surface area contributed by atoms with Gasteiger partial charge in [0.15, 0.2) is 6.61 Å². The molecule has 8 heteroatoms. The first-order chi connectivity index (χ1) is 14.2. The molecule has 3 rings (SSSR count). The third kappa shape index (κ3) is 4.80. The van der Waals surface area contributed by atoms with Crippen molar-refractivity contribution in [1.29, 1.82) is 0 Å². The SMILES string of the molecule is Cc1ccc([C@@]2(C)NC(=O)N(CC(=O)OCC(=O)NC3CCC(C)CC3)C2=O)cc1. The second kappa shape index (κ2) is 8.85. The molecule has 0 aromatic heterocycles. The Morgan fingerprint density at radius 2 is 1.80 bits per heavy atom. The average Bonchev–Trinajstić information content (AvgIpc) is 2.92. The molecule has 0 radical (unpaired) electrons. The van der Waals surface area contributed by atoms with Crippen LogP contribution >= 0.6 is 0 Å². The Balaban J connectivity index is 1.51. The van der Waals surface area contributed by atoms with Crippen LogP contribution in [0.25, 0.3) is 0 Å². The first-order valence-electron chi connectivity index (χ1n) is 10.4. The molecule has 1 saturated carbocycles. The Kier molecular flexibility index (Phi) is 6.43. The normalized spacial score (nSPS) is 26.3. The van der Waals surface area contributed by atoms with E-state index in [1.54, 1.807) is 19.1 Å². The van der Waals surface area contributed by atoms with Crippen LogP contribution in [0.3, 0.4) is 0 Å². The highest BCUT2D eigenvalue weighted by Gasteiger charge is 2.49. The molecule has 2 aliphatic rings. The summed E-state index contributed by atoms with van der Waals surface area (Å²) < 4.78 is 4.99. The van der Waals surface area contributed by atoms with Crippen LogP contribution in [-0.4, -0.2) is 47.9 Å². The zero-order valence-electron chi connectivity index (χ0n) is 17.7. The molecule has 1 saturated heterocycles. The van der Waals surface area contributed by atoms with Crippen LogP contribution in [0.15, 0.2) is 24.3 Å². The fourth-order valence-corrected chi connectivity index (χ4v) is 3.92. The Hall–Kier alpha value is -2.90. The highest BCUT2D eigenvalue weighted by atomic mass is 16.5. The van der Waals surface area contributed by atoms with Crippen molar-refractivity contribution in [1.82, 2.24) is 15.5 Å². The van der Waals surface area contributed by atoms with Crippen molar-refractivity contribution < 1.29 is 23.9 Å². The van der Waals surface area contributed by atoms with Gasteiger partial charge in [-0.25, -0.2) is 4.79 Å². The zero-order valence-corrected chi connectivity index (χ0v) is 17.7. The van der Waals surface area contributed by atoms with Crippen molar-refractivity contribution >= 4 is 23.8 Å². The summed E-state index contributed by atoms with van der Waals surface area (Å²) in [5.74, 6) is -1.04. The second-order valence-corrected chi connectivity index (χ2v) is 8.50. The molecule has 1 aliphatic heterocycles. The minimum absolute atomic E-state index is 0.105. The van der Waals surface area contributed by atoms with Gasteiger partial charge in [0.05, 0.1) is 0 Å². The number of esters is 1. The van der Waals surface area contributed by atoms with Gasteiger partial charge < -0.3 is 15.4 Å². The molecule has 30 heavy (non-hydrogen) atoms. The van der Waals surface area contributed by atoms with Gasteiger partial charge in [0.1, 0.15) is 12.1 Å². The van der Waals surface area contributed by atoms with Gasteiger partial charge in [-0.15, -0.1) is 0 Å². The number of carbonyl (C=O) groups is 4. The van der Waals surface area contributed by atoms with Gasteiger partial charge in [-0.05, 0) is 51.0 Å². The lowest BCUT2D eigenvalue weighted by Gasteiger charge is -2.26. The molecule has 2 fully saturated rings. The number of hydrogen-bond donors (Lipinski definition) is 2. The van der Waals surface area contributed by atoms with E-state index in [0.717, 1.165) is 36.1 Å². The number of nitrogens with one attached hydrogen (secondary N) is 2. The van der Waals surface area contributed by atoms with Gasteiger partial charge in [-0.1, -0.05) is 36.8 Å². The largest absolute Gasteiger partial charge is 0.454 e. The summed E-state index contributed by atoms with van der Waals surface area (Å²) >= 11 is 0. The zero-order chi connectivity index (χ0) is 21.9. The molecule has 1 heterocycles. The molecule has 1 aliphatic carbocycles. The Labute approximate surface area is 176 Å². The number of amides is 4. The maximum atomic E-state index is 12.8.